The van der Waals surface area contributed by atoms with E-state index >= 15 is 0 Å². The largest absolute Gasteiger partial charge is 0.482 e. The number of nitrogens with zero attached hydrogens (tertiary/aromatic N) is 1. The van der Waals surface area contributed by atoms with Crippen LogP contribution in [0.5, 0.6) is 11.5 Å². The number of rotatable bonds is 7. The average molecular weight is 509 g/mol. The van der Waals surface area contributed by atoms with Crippen molar-refractivity contribution in [3.8, 4) is 11.5 Å². The number of sulfonamides is 1. The summed E-state index contributed by atoms with van der Waals surface area (Å²) in [5.41, 5.74) is 0.502. The highest BCUT2D eigenvalue weighted by Crippen LogP contribution is 2.34. The zero-order chi connectivity index (χ0) is 24.3. The van der Waals surface area contributed by atoms with Crippen molar-refractivity contribution in [1.29, 1.82) is 0 Å². The summed E-state index contributed by atoms with van der Waals surface area (Å²) in [5.74, 6) is -0.486. The van der Waals surface area contributed by atoms with E-state index in [1.807, 2.05) is 0 Å². The first-order valence-electron chi connectivity index (χ1n) is 10.9. The Kier molecular flexibility index (Phi) is 7.30. The molecule has 1 fully saturated rings. The summed E-state index contributed by atoms with van der Waals surface area (Å²) in [7, 11) is -2.46. The van der Waals surface area contributed by atoms with E-state index in [-0.39, 0.29) is 34.9 Å². The molecule has 4 rings (SSSR count). The minimum Gasteiger partial charge on any atom is -0.482 e. The molecule has 0 radical (unpaired) electrons. The Hall–Kier alpha value is -2.82. The summed E-state index contributed by atoms with van der Waals surface area (Å²) in [6, 6.07) is 10.9. The molecule has 1 N–H and O–H groups in total. The molecule has 2 aromatic rings. The van der Waals surface area contributed by atoms with Crippen LogP contribution < -0.4 is 19.1 Å². The third kappa shape index (κ3) is 5.29. The van der Waals surface area contributed by atoms with Gasteiger partial charge < -0.3 is 19.1 Å². The highest BCUT2D eigenvalue weighted by Gasteiger charge is 2.34. The number of ether oxygens (including phenoxy) is 3. The average Bonchev–Trinajstić information content (AvgIpc) is 3.34. The van der Waals surface area contributed by atoms with Crippen LogP contribution in [-0.2, 0) is 24.3 Å². The minimum atomic E-state index is -3.70. The SMILES string of the molecule is COC(=O)[C@H]1CN(C(=O)COc2ccc(S(=O)(=O)NC3CCCC3)cc2Cl)c2ccccc2O1. The second-order valence-corrected chi connectivity index (χ2v) is 10.2. The van der Waals surface area contributed by atoms with Gasteiger partial charge in [-0.2, -0.15) is 0 Å². The van der Waals surface area contributed by atoms with E-state index in [0.29, 0.717) is 11.4 Å². The maximum absolute atomic E-state index is 13.0. The number of fused-ring (bicyclic) bond motifs is 1. The number of hydrogen-bond donors (Lipinski definition) is 1. The molecule has 1 atom stereocenters. The van der Waals surface area contributed by atoms with Crippen molar-refractivity contribution < 1.29 is 32.2 Å². The number of methoxy groups -OCH3 is 1. The summed E-state index contributed by atoms with van der Waals surface area (Å²) in [6.45, 7) is -0.419. The van der Waals surface area contributed by atoms with Crippen LogP contribution in [0.4, 0.5) is 5.69 Å². The Morgan fingerprint density at radius 2 is 1.91 bits per heavy atom. The monoisotopic (exact) mass is 508 g/mol. The molecule has 11 heteroatoms. The van der Waals surface area contributed by atoms with E-state index in [4.69, 9.17) is 25.8 Å². The minimum absolute atomic E-state index is 0.0334. The maximum atomic E-state index is 13.0. The Labute approximate surface area is 203 Å². The summed E-state index contributed by atoms with van der Waals surface area (Å²) in [4.78, 5) is 26.4. The van der Waals surface area contributed by atoms with E-state index in [1.165, 1.54) is 30.2 Å². The highest BCUT2D eigenvalue weighted by atomic mass is 35.5. The number of amides is 1. The van der Waals surface area contributed by atoms with E-state index < -0.39 is 28.0 Å². The topological polar surface area (TPSA) is 111 Å². The first-order chi connectivity index (χ1) is 16.3. The summed E-state index contributed by atoms with van der Waals surface area (Å²) in [5, 5.41) is 0.0666. The first-order valence-corrected chi connectivity index (χ1v) is 12.7. The van der Waals surface area contributed by atoms with Crippen LogP contribution in [-0.4, -0.2) is 52.7 Å². The van der Waals surface area contributed by atoms with Crippen LogP contribution in [0.25, 0.3) is 0 Å². The lowest BCUT2D eigenvalue weighted by molar-refractivity contribution is -0.148. The summed E-state index contributed by atoms with van der Waals surface area (Å²) >= 11 is 6.26. The Bertz CT molecular complexity index is 1180. The smallest absolute Gasteiger partial charge is 0.348 e. The Morgan fingerprint density at radius 1 is 1.18 bits per heavy atom. The van der Waals surface area contributed by atoms with Crippen LogP contribution in [0, 0.1) is 0 Å². The highest BCUT2D eigenvalue weighted by molar-refractivity contribution is 7.89. The van der Waals surface area contributed by atoms with Crippen molar-refractivity contribution in [2.75, 3.05) is 25.2 Å². The number of benzene rings is 2. The van der Waals surface area contributed by atoms with Gasteiger partial charge in [0, 0.05) is 6.04 Å². The van der Waals surface area contributed by atoms with Gasteiger partial charge in [0.15, 0.2) is 6.61 Å². The molecule has 2 aliphatic rings. The lowest BCUT2D eigenvalue weighted by atomic mass is 10.2. The molecule has 0 saturated heterocycles. The van der Waals surface area contributed by atoms with Crippen molar-refractivity contribution >= 4 is 39.2 Å². The third-order valence-corrected chi connectivity index (χ3v) is 7.59. The molecule has 34 heavy (non-hydrogen) atoms. The third-order valence-electron chi connectivity index (χ3n) is 5.78. The quantitative estimate of drug-likeness (QED) is 0.572. The van der Waals surface area contributed by atoms with E-state index in [2.05, 4.69) is 4.72 Å². The first kappa shape index (κ1) is 24.3. The number of hydrogen-bond acceptors (Lipinski definition) is 7. The van der Waals surface area contributed by atoms with Crippen LogP contribution >= 0.6 is 11.6 Å². The van der Waals surface area contributed by atoms with Gasteiger partial charge in [0.1, 0.15) is 11.5 Å². The number of carbonyl (C=O) groups excluding carboxylic acids is 2. The predicted molar refractivity (Wildman–Crippen MR) is 125 cm³/mol. The van der Waals surface area contributed by atoms with Gasteiger partial charge in [-0.05, 0) is 43.2 Å². The van der Waals surface area contributed by atoms with Crippen LogP contribution in [0.3, 0.4) is 0 Å². The zero-order valence-electron chi connectivity index (χ0n) is 18.5. The molecular weight excluding hydrogens is 484 g/mol. The van der Waals surface area contributed by atoms with Crippen LogP contribution in [0.15, 0.2) is 47.4 Å². The van der Waals surface area contributed by atoms with Gasteiger partial charge in [-0.3, -0.25) is 4.79 Å². The lowest BCUT2D eigenvalue weighted by Gasteiger charge is -2.33. The van der Waals surface area contributed by atoms with Gasteiger partial charge in [0.05, 0.1) is 29.3 Å². The summed E-state index contributed by atoms with van der Waals surface area (Å²) in [6.07, 6.45) is 2.67. The molecule has 0 unspecified atom stereocenters. The molecule has 1 aliphatic carbocycles. The van der Waals surface area contributed by atoms with Crippen molar-refractivity contribution in [1.82, 2.24) is 4.72 Å². The molecule has 0 bridgehead atoms. The molecule has 1 aliphatic heterocycles. The number of esters is 1. The Morgan fingerprint density at radius 3 is 2.62 bits per heavy atom. The number of nitrogens with one attached hydrogen (secondary N) is 1. The maximum Gasteiger partial charge on any atom is 0.348 e. The van der Waals surface area contributed by atoms with Gasteiger partial charge in [0.25, 0.3) is 5.91 Å². The Balaban J connectivity index is 1.45. The van der Waals surface area contributed by atoms with Gasteiger partial charge >= 0.3 is 5.97 Å². The molecule has 0 aromatic heterocycles. The fourth-order valence-corrected chi connectivity index (χ4v) is 5.67. The van der Waals surface area contributed by atoms with Crippen molar-refractivity contribution in [3.05, 3.63) is 47.5 Å². The molecule has 9 nitrogen and oxygen atoms in total. The second kappa shape index (κ2) is 10.2. The molecule has 182 valence electrons. The standard InChI is InChI=1S/C23H25ClN2O7S/c1-31-23(28)21-13-26(18-8-4-5-9-20(18)33-21)22(27)14-32-19-11-10-16(12-17(19)24)34(29,30)25-15-6-2-3-7-15/h4-5,8-12,15,21,25H,2-3,6-7,13-14H2,1H3/t21-/m1/s1. The number of halogens is 1. The second-order valence-electron chi connectivity index (χ2n) is 8.09. The molecular formula is C23H25ClN2O7S. The molecule has 1 heterocycles. The van der Waals surface area contributed by atoms with Gasteiger partial charge in [-0.15, -0.1) is 0 Å². The fourth-order valence-electron chi connectivity index (χ4n) is 4.04. The van der Waals surface area contributed by atoms with E-state index in [1.54, 1.807) is 24.3 Å². The van der Waals surface area contributed by atoms with E-state index in [0.717, 1.165) is 25.7 Å². The molecule has 2 aromatic carbocycles. The van der Waals surface area contributed by atoms with Crippen LogP contribution in [0.2, 0.25) is 5.02 Å². The number of carbonyl (C=O) groups is 2. The van der Waals surface area contributed by atoms with Gasteiger partial charge in [-0.1, -0.05) is 36.6 Å². The predicted octanol–water partition coefficient (Wildman–Crippen LogP) is 2.91. The summed E-state index contributed by atoms with van der Waals surface area (Å²) < 4.78 is 44.0. The van der Waals surface area contributed by atoms with Crippen molar-refractivity contribution in [3.63, 3.8) is 0 Å². The van der Waals surface area contributed by atoms with Gasteiger partial charge in [0.2, 0.25) is 16.1 Å². The number of anilines is 1. The van der Waals surface area contributed by atoms with Crippen molar-refractivity contribution in [2.45, 2.75) is 42.7 Å². The lowest BCUT2D eigenvalue weighted by Crippen LogP contribution is -2.48. The molecule has 1 amide bonds. The molecule has 0 spiro atoms. The van der Waals surface area contributed by atoms with E-state index in [9.17, 15) is 18.0 Å². The van der Waals surface area contributed by atoms with Crippen LogP contribution in [0.1, 0.15) is 25.7 Å². The van der Waals surface area contributed by atoms with Crippen molar-refractivity contribution in [2.24, 2.45) is 0 Å². The van der Waals surface area contributed by atoms with Gasteiger partial charge in [-0.25, -0.2) is 17.9 Å². The molecule has 1 saturated carbocycles. The number of para-hydroxylation sites is 2. The normalized spacial score (nSPS) is 18.2. The fraction of sp³-hybridized carbons (Fsp3) is 0.391. The zero-order valence-corrected chi connectivity index (χ0v) is 20.1.